The average molecular weight is 589 g/mol. The van der Waals surface area contributed by atoms with E-state index in [0.29, 0.717) is 0 Å². The molecule has 4 heteroatoms. The van der Waals surface area contributed by atoms with E-state index in [1.807, 2.05) is 28.7 Å². The number of para-hydroxylation sites is 1. The van der Waals surface area contributed by atoms with Crippen LogP contribution in [0.2, 0.25) is 0 Å². The zero-order valence-electron chi connectivity index (χ0n) is 22.2. The van der Waals surface area contributed by atoms with Crippen molar-refractivity contribution in [2.24, 2.45) is 0 Å². The highest BCUT2D eigenvalue weighted by atomic mass is 32.1. The molecule has 0 saturated carbocycles. The number of furan rings is 1. The molecule has 10 aromatic rings. The maximum atomic E-state index is 6.21. The van der Waals surface area contributed by atoms with Crippen molar-refractivity contribution < 1.29 is 4.42 Å². The second kappa shape index (κ2) is 8.52. The maximum Gasteiger partial charge on any atom is 0.190 e. The highest BCUT2D eigenvalue weighted by Gasteiger charge is 2.17. The molecule has 0 spiro atoms. The Hall–Kier alpha value is -4.48. The van der Waals surface area contributed by atoms with Crippen molar-refractivity contribution >= 4 is 106 Å². The summed E-state index contributed by atoms with van der Waals surface area (Å²) >= 11 is 5.53. The quantitative estimate of drug-likeness (QED) is 0.196. The molecule has 0 saturated heterocycles. The predicted molar refractivity (Wildman–Crippen MR) is 186 cm³/mol. The third-order valence-corrected chi connectivity index (χ3v) is 12.0. The lowest BCUT2D eigenvalue weighted by Gasteiger charge is -2.05. The van der Waals surface area contributed by atoms with E-state index in [1.165, 1.54) is 83.5 Å². The molecule has 0 unspecified atom stereocenters. The molecule has 196 valence electrons. The van der Waals surface area contributed by atoms with Crippen molar-refractivity contribution in [3.8, 4) is 22.3 Å². The SMILES string of the molecule is c1ccc2c(c1)oc1sc3ccc(-c4cccc5c4sc4ccc(-c6cccc7c6sc6ccccc67)cc45)cc3c12. The fourth-order valence-electron chi connectivity index (χ4n) is 6.60. The molecular weight excluding hydrogens is 569 g/mol. The monoisotopic (exact) mass is 588 g/mol. The van der Waals surface area contributed by atoms with Gasteiger partial charge >= 0.3 is 0 Å². The van der Waals surface area contributed by atoms with Gasteiger partial charge in [0.1, 0.15) is 5.58 Å². The first-order chi connectivity index (χ1) is 20.8. The van der Waals surface area contributed by atoms with Gasteiger partial charge in [0, 0.05) is 61.2 Å². The number of fused-ring (bicyclic) bond motifs is 11. The Morgan fingerprint density at radius 2 is 0.976 bits per heavy atom. The van der Waals surface area contributed by atoms with E-state index in [4.69, 9.17) is 4.42 Å². The molecule has 0 aliphatic heterocycles. The molecule has 0 radical (unpaired) electrons. The number of rotatable bonds is 2. The van der Waals surface area contributed by atoms with Crippen LogP contribution in [0, 0.1) is 0 Å². The smallest absolute Gasteiger partial charge is 0.190 e. The Morgan fingerprint density at radius 3 is 1.74 bits per heavy atom. The lowest BCUT2D eigenvalue weighted by molar-refractivity contribution is 0.678. The average Bonchev–Trinajstić information content (AvgIpc) is 3.78. The molecule has 0 aliphatic rings. The van der Waals surface area contributed by atoms with E-state index in [2.05, 4.69) is 115 Å². The third-order valence-electron chi connectivity index (χ3n) is 8.54. The van der Waals surface area contributed by atoms with Crippen molar-refractivity contribution in [1.29, 1.82) is 0 Å². The minimum Gasteiger partial charge on any atom is -0.445 e. The normalized spacial score (nSPS) is 12.3. The topological polar surface area (TPSA) is 13.1 Å². The zero-order valence-corrected chi connectivity index (χ0v) is 24.6. The van der Waals surface area contributed by atoms with Gasteiger partial charge in [0.05, 0.1) is 0 Å². The maximum absolute atomic E-state index is 6.21. The summed E-state index contributed by atoms with van der Waals surface area (Å²) in [5.74, 6) is 0. The zero-order chi connectivity index (χ0) is 27.4. The van der Waals surface area contributed by atoms with Crippen molar-refractivity contribution in [1.82, 2.24) is 0 Å². The Balaban J connectivity index is 1.17. The van der Waals surface area contributed by atoms with Crippen LogP contribution >= 0.6 is 34.0 Å². The molecule has 4 aromatic heterocycles. The molecule has 10 rings (SSSR count). The molecule has 4 heterocycles. The summed E-state index contributed by atoms with van der Waals surface area (Å²) in [6.07, 6.45) is 0. The fourth-order valence-corrected chi connectivity index (χ4v) is 10.1. The van der Waals surface area contributed by atoms with Gasteiger partial charge in [-0.05, 0) is 58.7 Å². The molecule has 0 N–H and O–H groups in total. The van der Waals surface area contributed by atoms with Gasteiger partial charge in [-0.2, -0.15) is 0 Å². The summed E-state index contributed by atoms with van der Waals surface area (Å²) in [7, 11) is 0. The van der Waals surface area contributed by atoms with Crippen LogP contribution in [0.1, 0.15) is 0 Å². The first-order valence-corrected chi connectivity index (χ1v) is 16.5. The molecular formula is C38H20OS3. The van der Waals surface area contributed by atoms with E-state index < -0.39 is 0 Å². The van der Waals surface area contributed by atoms with Crippen LogP contribution in [0.25, 0.3) is 93.9 Å². The summed E-state index contributed by atoms with van der Waals surface area (Å²) in [4.78, 5) is 1.00. The summed E-state index contributed by atoms with van der Waals surface area (Å²) in [6.45, 7) is 0. The number of benzene rings is 6. The number of thiophene rings is 3. The van der Waals surface area contributed by atoms with Crippen LogP contribution in [0.15, 0.2) is 126 Å². The van der Waals surface area contributed by atoms with Gasteiger partial charge in [0.15, 0.2) is 4.90 Å². The Morgan fingerprint density at radius 1 is 0.405 bits per heavy atom. The van der Waals surface area contributed by atoms with Crippen LogP contribution in [-0.4, -0.2) is 0 Å². The van der Waals surface area contributed by atoms with E-state index in [9.17, 15) is 0 Å². The molecule has 6 aromatic carbocycles. The highest BCUT2D eigenvalue weighted by Crippen LogP contribution is 2.46. The van der Waals surface area contributed by atoms with Gasteiger partial charge < -0.3 is 4.42 Å². The molecule has 1 nitrogen and oxygen atoms in total. The van der Waals surface area contributed by atoms with E-state index >= 15 is 0 Å². The Kier molecular flexibility index (Phi) is 4.69. The largest absolute Gasteiger partial charge is 0.445 e. The van der Waals surface area contributed by atoms with Crippen molar-refractivity contribution in [2.75, 3.05) is 0 Å². The van der Waals surface area contributed by atoms with Gasteiger partial charge in [-0.1, -0.05) is 96.3 Å². The molecule has 0 fully saturated rings. The standard InChI is InChI=1S/C38H20OS3/c1-3-13-31-28(8-1)35-30-20-22(16-18-34(30)42-38(35)39-31)24-10-6-12-27-29-19-21(15-17-33(29)41-37(24)27)23-9-5-11-26-25-7-2-4-14-32(25)40-36(23)26/h1-20H. The third kappa shape index (κ3) is 3.17. The molecule has 0 bridgehead atoms. The van der Waals surface area contributed by atoms with E-state index in [-0.39, 0.29) is 0 Å². The highest BCUT2D eigenvalue weighted by molar-refractivity contribution is 7.27. The van der Waals surface area contributed by atoms with Gasteiger partial charge in [-0.25, -0.2) is 0 Å². The summed E-state index contributed by atoms with van der Waals surface area (Å²) < 4.78 is 12.8. The Labute approximate surface area is 252 Å². The summed E-state index contributed by atoms with van der Waals surface area (Å²) in [5.41, 5.74) is 6.08. The minimum absolute atomic E-state index is 0.958. The first-order valence-electron chi connectivity index (χ1n) is 14.0. The lowest BCUT2D eigenvalue weighted by atomic mass is 9.98. The number of hydrogen-bond donors (Lipinski definition) is 0. The first kappa shape index (κ1) is 23.1. The van der Waals surface area contributed by atoms with Crippen molar-refractivity contribution in [3.05, 3.63) is 121 Å². The van der Waals surface area contributed by atoms with Gasteiger partial charge in [-0.15, -0.1) is 22.7 Å². The van der Waals surface area contributed by atoms with Crippen molar-refractivity contribution in [3.63, 3.8) is 0 Å². The Bertz CT molecular complexity index is 2700. The second-order valence-corrected chi connectivity index (χ2v) is 14.0. The van der Waals surface area contributed by atoms with Crippen molar-refractivity contribution in [2.45, 2.75) is 0 Å². The number of hydrogen-bond acceptors (Lipinski definition) is 4. The molecule has 0 amide bonds. The molecule has 0 aliphatic carbocycles. The van der Waals surface area contributed by atoms with Crippen LogP contribution < -0.4 is 0 Å². The molecule has 42 heavy (non-hydrogen) atoms. The van der Waals surface area contributed by atoms with Gasteiger partial charge in [0.2, 0.25) is 0 Å². The fraction of sp³-hybridized carbons (Fsp3) is 0. The van der Waals surface area contributed by atoms with Crippen LogP contribution in [0.4, 0.5) is 0 Å². The van der Waals surface area contributed by atoms with E-state index in [1.54, 1.807) is 11.3 Å². The van der Waals surface area contributed by atoms with E-state index in [0.717, 1.165) is 10.5 Å². The van der Waals surface area contributed by atoms with Crippen LogP contribution in [-0.2, 0) is 0 Å². The minimum atomic E-state index is 0.958. The van der Waals surface area contributed by atoms with Gasteiger partial charge in [0.25, 0.3) is 0 Å². The molecule has 0 atom stereocenters. The summed E-state index contributed by atoms with van der Waals surface area (Å²) in [5, 5.41) is 9.03. The second-order valence-electron chi connectivity index (χ2n) is 10.8. The van der Waals surface area contributed by atoms with Gasteiger partial charge in [-0.3, -0.25) is 0 Å². The lowest BCUT2D eigenvalue weighted by Crippen LogP contribution is -1.79. The predicted octanol–water partition coefficient (Wildman–Crippen LogP) is 12.9. The summed E-state index contributed by atoms with van der Waals surface area (Å²) in [6, 6.07) is 44.5. The van der Waals surface area contributed by atoms with Crippen LogP contribution in [0.3, 0.4) is 0 Å². The van der Waals surface area contributed by atoms with Crippen LogP contribution in [0.5, 0.6) is 0 Å².